The van der Waals surface area contributed by atoms with Gasteiger partial charge in [-0.25, -0.2) is 9.18 Å². The molecule has 112 valence electrons. The number of nitrogens with zero attached hydrogens (tertiary/aromatic N) is 1. The van der Waals surface area contributed by atoms with E-state index >= 15 is 0 Å². The molecule has 0 unspecified atom stereocenters. The Morgan fingerprint density at radius 1 is 1.32 bits per heavy atom. The van der Waals surface area contributed by atoms with Crippen LogP contribution in [-0.4, -0.2) is 19.7 Å². The second-order valence-electron chi connectivity index (χ2n) is 4.45. The number of halogens is 1. The number of benzene rings is 2. The third kappa shape index (κ3) is 3.07. The Morgan fingerprint density at radius 3 is 2.73 bits per heavy atom. The van der Waals surface area contributed by atoms with E-state index in [4.69, 9.17) is 10.00 Å². The zero-order chi connectivity index (χ0) is 16.1. The minimum Gasteiger partial charge on any atom is -0.493 e. The van der Waals surface area contributed by atoms with Crippen molar-refractivity contribution in [3.05, 3.63) is 53.3 Å². The van der Waals surface area contributed by atoms with E-state index in [1.54, 1.807) is 31.2 Å². The highest BCUT2D eigenvalue weighted by atomic mass is 19.1. The predicted molar refractivity (Wildman–Crippen MR) is 79.1 cm³/mol. The first-order chi connectivity index (χ1) is 10.6. The molecule has 4 nitrogen and oxygen atoms in total. The molecule has 0 saturated heterocycles. The molecule has 0 heterocycles. The Kier molecular flexibility index (Phi) is 4.74. The van der Waals surface area contributed by atoms with Gasteiger partial charge in [0.2, 0.25) is 0 Å². The molecule has 2 aromatic rings. The Bertz CT molecular complexity index is 750. The molecule has 22 heavy (non-hydrogen) atoms. The van der Waals surface area contributed by atoms with Gasteiger partial charge in [-0.3, -0.25) is 0 Å². The summed E-state index contributed by atoms with van der Waals surface area (Å²) in [6, 6.07) is 11.3. The Balaban J connectivity index is 2.61. The van der Waals surface area contributed by atoms with Crippen LogP contribution in [0.15, 0.2) is 36.4 Å². The highest BCUT2D eigenvalue weighted by Crippen LogP contribution is 2.33. The molecule has 0 aliphatic carbocycles. The number of rotatable bonds is 4. The molecule has 0 fully saturated rings. The van der Waals surface area contributed by atoms with Crippen molar-refractivity contribution in [2.45, 2.75) is 6.92 Å². The normalized spacial score (nSPS) is 9.91. The largest absolute Gasteiger partial charge is 0.493 e. The van der Waals surface area contributed by atoms with Crippen LogP contribution >= 0.6 is 0 Å². The number of hydrogen-bond donors (Lipinski definition) is 0. The zero-order valence-electron chi connectivity index (χ0n) is 12.2. The van der Waals surface area contributed by atoms with E-state index in [1.165, 1.54) is 19.2 Å². The molecule has 0 spiro atoms. The van der Waals surface area contributed by atoms with Gasteiger partial charge in [-0.2, -0.15) is 5.26 Å². The van der Waals surface area contributed by atoms with Crippen molar-refractivity contribution >= 4 is 5.97 Å². The Labute approximate surface area is 127 Å². The molecule has 0 saturated carbocycles. The first-order valence-electron chi connectivity index (χ1n) is 6.66. The van der Waals surface area contributed by atoms with E-state index in [2.05, 4.69) is 4.74 Å². The summed E-state index contributed by atoms with van der Waals surface area (Å²) in [4.78, 5) is 11.6. The quantitative estimate of drug-likeness (QED) is 0.810. The molecule has 0 aliphatic heterocycles. The topological polar surface area (TPSA) is 59.3 Å². The minimum atomic E-state index is -0.768. The Hall–Kier alpha value is -2.87. The van der Waals surface area contributed by atoms with Crippen LogP contribution in [0.5, 0.6) is 5.75 Å². The summed E-state index contributed by atoms with van der Waals surface area (Å²) in [6.07, 6.45) is 0. The molecule has 0 N–H and O–H groups in total. The third-order valence-corrected chi connectivity index (χ3v) is 3.08. The van der Waals surface area contributed by atoms with Gasteiger partial charge in [-0.05, 0) is 36.8 Å². The standard InChI is InChI=1S/C17H14FNO3/c1-3-22-16-9-14(17(20)21-2)15(18)8-13(16)12-6-4-5-11(7-12)10-19/h4-9H,3H2,1-2H3. The van der Waals surface area contributed by atoms with Crippen molar-refractivity contribution in [1.29, 1.82) is 5.26 Å². The molecule has 0 amide bonds. The van der Waals surface area contributed by atoms with Crippen LogP contribution in [-0.2, 0) is 4.74 Å². The van der Waals surface area contributed by atoms with Gasteiger partial charge >= 0.3 is 5.97 Å². The maximum Gasteiger partial charge on any atom is 0.340 e. The Morgan fingerprint density at radius 2 is 2.09 bits per heavy atom. The van der Waals surface area contributed by atoms with Gasteiger partial charge in [0.25, 0.3) is 0 Å². The fourth-order valence-electron chi connectivity index (χ4n) is 2.08. The molecular weight excluding hydrogens is 285 g/mol. The average Bonchev–Trinajstić information content (AvgIpc) is 2.55. The van der Waals surface area contributed by atoms with Gasteiger partial charge < -0.3 is 9.47 Å². The molecule has 0 radical (unpaired) electrons. The van der Waals surface area contributed by atoms with Gasteiger partial charge in [-0.15, -0.1) is 0 Å². The maximum absolute atomic E-state index is 14.2. The fourth-order valence-corrected chi connectivity index (χ4v) is 2.08. The van der Waals surface area contributed by atoms with E-state index in [0.29, 0.717) is 29.0 Å². The lowest BCUT2D eigenvalue weighted by molar-refractivity contribution is 0.0595. The highest BCUT2D eigenvalue weighted by Gasteiger charge is 2.18. The van der Waals surface area contributed by atoms with Crippen LogP contribution in [0.2, 0.25) is 0 Å². The van der Waals surface area contributed by atoms with Gasteiger partial charge in [0.1, 0.15) is 11.6 Å². The maximum atomic E-state index is 14.2. The molecule has 0 aliphatic rings. The summed E-state index contributed by atoms with van der Waals surface area (Å²) in [6.45, 7) is 2.15. The van der Waals surface area contributed by atoms with Gasteiger partial charge in [0.15, 0.2) is 0 Å². The average molecular weight is 299 g/mol. The van der Waals surface area contributed by atoms with E-state index in [0.717, 1.165) is 0 Å². The molecule has 5 heteroatoms. The number of hydrogen-bond acceptors (Lipinski definition) is 4. The van der Waals surface area contributed by atoms with Crippen LogP contribution in [0.4, 0.5) is 4.39 Å². The van der Waals surface area contributed by atoms with Crippen molar-refractivity contribution in [3.8, 4) is 22.9 Å². The van der Waals surface area contributed by atoms with Crippen molar-refractivity contribution in [1.82, 2.24) is 0 Å². The molecule has 0 atom stereocenters. The second-order valence-corrected chi connectivity index (χ2v) is 4.45. The molecular formula is C17H14FNO3. The lowest BCUT2D eigenvalue weighted by Crippen LogP contribution is -2.06. The summed E-state index contributed by atoms with van der Waals surface area (Å²) in [5.41, 5.74) is 1.38. The first kappa shape index (κ1) is 15.5. The number of ether oxygens (including phenoxy) is 2. The predicted octanol–water partition coefficient (Wildman–Crippen LogP) is 3.55. The summed E-state index contributed by atoms with van der Waals surface area (Å²) >= 11 is 0. The van der Waals surface area contributed by atoms with Crippen LogP contribution in [0, 0.1) is 17.1 Å². The van der Waals surface area contributed by atoms with E-state index < -0.39 is 11.8 Å². The van der Waals surface area contributed by atoms with Crippen LogP contribution in [0.3, 0.4) is 0 Å². The van der Waals surface area contributed by atoms with Gasteiger partial charge in [0, 0.05) is 5.56 Å². The summed E-state index contributed by atoms with van der Waals surface area (Å²) < 4.78 is 24.2. The number of methoxy groups -OCH3 is 1. The molecule has 2 aromatic carbocycles. The third-order valence-electron chi connectivity index (χ3n) is 3.08. The van der Waals surface area contributed by atoms with Crippen molar-refractivity contribution in [3.63, 3.8) is 0 Å². The van der Waals surface area contributed by atoms with Crippen LogP contribution in [0.25, 0.3) is 11.1 Å². The SMILES string of the molecule is CCOc1cc(C(=O)OC)c(F)cc1-c1cccc(C#N)c1. The van der Waals surface area contributed by atoms with Gasteiger partial charge in [-0.1, -0.05) is 12.1 Å². The molecule has 0 aromatic heterocycles. The smallest absolute Gasteiger partial charge is 0.340 e. The fraction of sp³-hybridized carbons (Fsp3) is 0.176. The molecule has 2 rings (SSSR count). The summed E-state index contributed by atoms with van der Waals surface area (Å²) in [7, 11) is 1.19. The molecule has 0 bridgehead atoms. The number of esters is 1. The number of carbonyl (C=O) groups excluding carboxylic acids is 1. The lowest BCUT2D eigenvalue weighted by Gasteiger charge is -2.13. The zero-order valence-corrected chi connectivity index (χ0v) is 12.2. The monoisotopic (exact) mass is 299 g/mol. The van der Waals surface area contributed by atoms with Crippen molar-refractivity contribution in [2.24, 2.45) is 0 Å². The lowest BCUT2D eigenvalue weighted by atomic mass is 10.0. The van der Waals surface area contributed by atoms with Crippen molar-refractivity contribution < 1.29 is 18.7 Å². The number of nitriles is 1. The van der Waals surface area contributed by atoms with E-state index in [1.807, 2.05) is 6.07 Å². The summed E-state index contributed by atoms with van der Waals surface area (Å²) in [5.74, 6) is -1.11. The van der Waals surface area contributed by atoms with Gasteiger partial charge in [0.05, 0.1) is 30.9 Å². The van der Waals surface area contributed by atoms with Crippen LogP contribution in [0.1, 0.15) is 22.8 Å². The first-order valence-corrected chi connectivity index (χ1v) is 6.66. The van der Waals surface area contributed by atoms with E-state index in [-0.39, 0.29) is 5.56 Å². The highest BCUT2D eigenvalue weighted by molar-refractivity contribution is 5.91. The van der Waals surface area contributed by atoms with Crippen molar-refractivity contribution in [2.75, 3.05) is 13.7 Å². The van der Waals surface area contributed by atoms with Crippen LogP contribution < -0.4 is 4.74 Å². The number of carbonyl (C=O) groups is 1. The van der Waals surface area contributed by atoms with E-state index in [9.17, 15) is 9.18 Å². The minimum absolute atomic E-state index is 0.189. The summed E-state index contributed by atoms with van der Waals surface area (Å²) in [5, 5.41) is 8.97. The second kappa shape index (κ2) is 6.72.